The molecule has 290 valence electrons. The molecule has 9 aromatic rings. The van der Waals surface area contributed by atoms with Crippen molar-refractivity contribution in [2.45, 2.75) is 66.3 Å². The molecule has 0 bridgehead atoms. The Morgan fingerprint density at radius 1 is 0.845 bits per heavy atom. The molecule has 0 N–H and O–H groups in total. The summed E-state index contributed by atoms with van der Waals surface area (Å²) in [4.78, 5) is 12.9. The molecule has 0 saturated carbocycles. The van der Waals surface area contributed by atoms with E-state index >= 15 is 0 Å². The fourth-order valence-electron chi connectivity index (χ4n) is 8.17. The van der Waals surface area contributed by atoms with Crippen molar-refractivity contribution in [3.63, 3.8) is 0 Å². The number of hydrogen-bond donors (Lipinski definition) is 0. The monoisotopic (exact) mass is 971 g/mol. The number of fused-ring (bicyclic) bond motifs is 7. The van der Waals surface area contributed by atoms with Crippen LogP contribution >= 0.6 is 11.3 Å². The predicted molar refractivity (Wildman–Crippen MR) is 244 cm³/mol. The third kappa shape index (κ3) is 6.96. The van der Waals surface area contributed by atoms with Crippen LogP contribution in [0.1, 0.15) is 55.2 Å². The van der Waals surface area contributed by atoms with E-state index in [1.54, 1.807) is 11.3 Å². The molecule has 0 saturated heterocycles. The Labute approximate surface area is 360 Å². The van der Waals surface area contributed by atoms with Crippen molar-refractivity contribution < 1.29 is 25.9 Å². The van der Waals surface area contributed by atoms with E-state index in [2.05, 4.69) is 122 Å². The van der Waals surface area contributed by atoms with Gasteiger partial charge in [0.2, 0.25) is 0 Å². The van der Waals surface area contributed by atoms with Crippen molar-refractivity contribution in [3.05, 3.63) is 161 Å². The van der Waals surface area contributed by atoms with Crippen LogP contribution in [0, 0.1) is 32.9 Å². The van der Waals surface area contributed by atoms with Crippen LogP contribution < -0.4 is 10.1 Å². The minimum atomic E-state index is -1.50. The van der Waals surface area contributed by atoms with Crippen molar-refractivity contribution in [2.24, 2.45) is 0 Å². The summed E-state index contributed by atoms with van der Waals surface area (Å²) >= 11 is 1.73. The number of benzene rings is 5. The SMILES string of the molecule is Cc1ccc2c(n1)sc1c(C3[N-]c4ccccc4N3c3c(C)cc4c(oc5ccccc54)c3C)[c-]ccc12.[2H]C(C)(C)c1cc(-c2[c-]cccc2)ncc1[Si](C)(C)C.[Ir+3]. The fourth-order valence-corrected chi connectivity index (χ4v) is 11.0. The largest absolute Gasteiger partial charge is 3.00 e. The number of rotatable bonds is 5. The molecule has 1 aliphatic rings. The Bertz CT molecular complexity index is 3020. The number of aryl methyl sites for hydroxylation is 3. The molecule has 1 atom stereocenters. The van der Waals surface area contributed by atoms with Crippen LogP contribution in [0.4, 0.5) is 17.1 Å². The van der Waals surface area contributed by atoms with Crippen LogP contribution in [0.5, 0.6) is 0 Å². The van der Waals surface area contributed by atoms with Gasteiger partial charge in [-0.2, -0.15) is 29.5 Å². The van der Waals surface area contributed by atoms with Crippen molar-refractivity contribution in [1.82, 2.24) is 9.97 Å². The zero-order valence-corrected chi connectivity index (χ0v) is 38.2. The van der Waals surface area contributed by atoms with E-state index in [1.807, 2.05) is 69.4 Å². The predicted octanol–water partition coefficient (Wildman–Crippen LogP) is 14.1. The second kappa shape index (κ2) is 15.6. The van der Waals surface area contributed by atoms with Gasteiger partial charge in [-0.25, -0.2) is 4.98 Å². The summed E-state index contributed by atoms with van der Waals surface area (Å²) in [6.07, 6.45) is 1.73. The molecule has 0 amide bonds. The van der Waals surface area contributed by atoms with E-state index in [0.29, 0.717) is 0 Å². The average Bonchev–Trinajstić information content (AvgIpc) is 3.89. The molecule has 5 nitrogen and oxygen atoms in total. The second-order valence-electron chi connectivity index (χ2n) is 16.2. The minimum absolute atomic E-state index is 0. The maximum Gasteiger partial charge on any atom is 3.00 e. The first-order chi connectivity index (χ1) is 27.8. The van der Waals surface area contributed by atoms with Gasteiger partial charge in [-0.3, -0.25) is 0 Å². The maximum absolute atomic E-state index is 8.44. The molecule has 0 spiro atoms. The molecule has 4 aromatic heterocycles. The first kappa shape index (κ1) is 38.4. The van der Waals surface area contributed by atoms with Crippen LogP contribution in [0.3, 0.4) is 0 Å². The van der Waals surface area contributed by atoms with Gasteiger partial charge >= 0.3 is 20.1 Å². The van der Waals surface area contributed by atoms with E-state index in [0.717, 1.165) is 77.5 Å². The molecular formula is C50H45IrN4OSSi. The van der Waals surface area contributed by atoms with E-state index in [-0.39, 0.29) is 26.3 Å². The molecule has 1 unspecified atom stereocenters. The number of aromatic nitrogens is 2. The molecular weight excluding hydrogens is 925 g/mol. The van der Waals surface area contributed by atoms with Gasteiger partial charge in [0.1, 0.15) is 16.0 Å². The third-order valence-corrected chi connectivity index (χ3v) is 14.1. The Kier molecular flexibility index (Phi) is 10.3. The molecule has 0 aliphatic carbocycles. The standard InChI is InChI=1S/C33H23N3OS.C17H22NSi.Ir/c1-18-17-25-21-9-4-7-14-28(21)37-30(25)20(3)29(18)36-27-13-6-5-12-26(27)35-32(36)24-11-8-10-22-23-16-15-19(2)34-33(23)38-31(22)24;1-13(2)15-11-16(14-9-7-6-8-10-14)18-12-17(15)19(3,4)5;/h4-10,12-17,32H,1-3H3;6-9,11-13H,1-5H3;/q-2;-1;+3/i;13D;. The van der Waals surface area contributed by atoms with Gasteiger partial charge in [-0.1, -0.05) is 92.3 Å². The molecule has 10 rings (SSSR count). The van der Waals surface area contributed by atoms with E-state index < -0.39 is 14.0 Å². The summed E-state index contributed by atoms with van der Waals surface area (Å²) in [5, 5.41) is 11.2. The van der Waals surface area contributed by atoms with Crippen LogP contribution in [0.2, 0.25) is 19.6 Å². The minimum Gasteiger partial charge on any atom is -0.661 e. The van der Waals surface area contributed by atoms with Gasteiger partial charge < -0.3 is 19.6 Å². The van der Waals surface area contributed by atoms with Crippen molar-refractivity contribution >= 4 is 83.9 Å². The quantitative estimate of drug-likeness (QED) is 0.127. The smallest absolute Gasteiger partial charge is 0.661 e. The van der Waals surface area contributed by atoms with Gasteiger partial charge in [-0.15, -0.1) is 52.5 Å². The molecule has 5 aromatic carbocycles. The van der Waals surface area contributed by atoms with Crippen molar-refractivity contribution in [3.8, 4) is 11.3 Å². The fraction of sp³-hybridized carbons (Fsp3) is 0.200. The Hall–Kier alpha value is -5.11. The summed E-state index contributed by atoms with van der Waals surface area (Å²) in [5.74, 6) is -0.609. The number of hydrogen-bond acceptors (Lipinski definition) is 5. The van der Waals surface area contributed by atoms with Gasteiger partial charge in [0.15, 0.2) is 0 Å². The zero-order chi connectivity index (χ0) is 40.5. The van der Waals surface area contributed by atoms with Gasteiger partial charge in [0.25, 0.3) is 0 Å². The van der Waals surface area contributed by atoms with E-state index in [9.17, 15) is 0 Å². The number of para-hydroxylation sites is 3. The van der Waals surface area contributed by atoms with Crippen LogP contribution in [-0.2, 0) is 20.1 Å². The topological polar surface area (TPSA) is 56.3 Å². The van der Waals surface area contributed by atoms with E-state index in [4.69, 9.17) is 16.1 Å². The number of anilines is 2. The summed E-state index contributed by atoms with van der Waals surface area (Å²) in [6, 6.07) is 44.1. The summed E-state index contributed by atoms with van der Waals surface area (Å²) < 4.78 is 16.0. The number of thiophene rings is 1. The van der Waals surface area contributed by atoms with Crippen LogP contribution in [0.15, 0.2) is 120 Å². The third-order valence-electron chi connectivity index (χ3n) is 10.9. The van der Waals surface area contributed by atoms with Gasteiger partial charge in [-0.05, 0) is 78.9 Å². The zero-order valence-electron chi connectivity index (χ0n) is 35.0. The van der Waals surface area contributed by atoms with Gasteiger partial charge in [0.05, 0.1) is 8.07 Å². The Morgan fingerprint density at radius 2 is 1.62 bits per heavy atom. The molecule has 5 heterocycles. The van der Waals surface area contributed by atoms with Crippen molar-refractivity contribution in [1.29, 1.82) is 0 Å². The molecule has 0 fully saturated rings. The number of furan rings is 1. The molecule has 0 radical (unpaired) electrons. The summed E-state index contributed by atoms with van der Waals surface area (Å²) in [7, 11) is -1.50. The van der Waals surface area contributed by atoms with Crippen LogP contribution in [0.25, 0.3) is 58.8 Å². The van der Waals surface area contributed by atoms with Crippen LogP contribution in [-0.4, -0.2) is 18.0 Å². The summed E-state index contributed by atoms with van der Waals surface area (Å²) in [6.45, 7) is 17.2. The summed E-state index contributed by atoms with van der Waals surface area (Å²) in [5.41, 5.74) is 12.5. The number of nitrogens with zero attached hydrogens (tertiary/aromatic N) is 4. The molecule has 8 heteroatoms. The first-order valence-corrected chi connectivity index (χ1v) is 23.8. The Morgan fingerprint density at radius 3 is 2.40 bits per heavy atom. The van der Waals surface area contributed by atoms with Crippen molar-refractivity contribution in [2.75, 3.05) is 4.90 Å². The van der Waals surface area contributed by atoms with E-state index in [1.165, 1.54) is 26.2 Å². The molecule has 58 heavy (non-hydrogen) atoms. The molecule has 1 aliphatic heterocycles. The van der Waals surface area contributed by atoms with Gasteiger partial charge in [0, 0.05) is 41.0 Å². The maximum atomic E-state index is 8.44. The average molecular weight is 971 g/mol. The second-order valence-corrected chi connectivity index (χ2v) is 22.2. The number of pyridine rings is 2. The normalized spacial score (nSPS) is 14.2. The Balaban J connectivity index is 0.000000197. The first-order valence-electron chi connectivity index (χ1n) is 20.0.